The zero-order chi connectivity index (χ0) is 20.7. The monoisotopic (exact) mass is 406 g/mol. The Kier molecular flexibility index (Phi) is 4.69. The first-order valence-corrected chi connectivity index (χ1v) is 10.0. The molecule has 2 heterocycles. The number of carbonyl (C=O) groups is 1. The van der Waals surface area contributed by atoms with Gasteiger partial charge in [-0.3, -0.25) is 14.7 Å². The molecule has 152 valence electrons. The maximum atomic E-state index is 14.5. The largest absolute Gasteiger partial charge is 0.472 e. The van der Waals surface area contributed by atoms with Gasteiger partial charge in [0.25, 0.3) is 5.91 Å². The first kappa shape index (κ1) is 18.7. The van der Waals surface area contributed by atoms with Gasteiger partial charge in [-0.15, -0.1) is 0 Å². The molecule has 3 aromatic rings. The van der Waals surface area contributed by atoms with Crippen LogP contribution in [0.4, 0.5) is 8.78 Å². The Balaban J connectivity index is 1.51. The van der Waals surface area contributed by atoms with Gasteiger partial charge < -0.3 is 4.74 Å². The van der Waals surface area contributed by atoms with Crippen LogP contribution in [0, 0.1) is 11.6 Å². The lowest BCUT2D eigenvalue weighted by Gasteiger charge is -2.35. The molecule has 0 bridgehead atoms. The fourth-order valence-electron chi connectivity index (χ4n) is 4.54. The van der Waals surface area contributed by atoms with Gasteiger partial charge >= 0.3 is 0 Å². The van der Waals surface area contributed by atoms with E-state index in [1.807, 2.05) is 24.3 Å². The summed E-state index contributed by atoms with van der Waals surface area (Å²) in [5, 5.41) is 0. The molecule has 0 saturated heterocycles. The number of hydrogen-bond donors (Lipinski definition) is 0. The van der Waals surface area contributed by atoms with Gasteiger partial charge in [-0.2, -0.15) is 0 Å². The van der Waals surface area contributed by atoms with E-state index in [0.29, 0.717) is 36.1 Å². The molecule has 5 rings (SSSR count). The Hall–Kier alpha value is -3.28. The minimum atomic E-state index is -0.837. The van der Waals surface area contributed by atoms with Crippen molar-refractivity contribution in [3.63, 3.8) is 0 Å². The lowest BCUT2D eigenvalue weighted by molar-refractivity contribution is 0.0355. The molecule has 1 amide bonds. The van der Waals surface area contributed by atoms with Gasteiger partial charge in [-0.1, -0.05) is 30.3 Å². The minimum Gasteiger partial charge on any atom is -0.472 e. The first-order valence-electron chi connectivity index (χ1n) is 10.0. The molecule has 6 heteroatoms. The van der Waals surface area contributed by atoms with Gasteiger partial charge in [0.2, 0.25) is 0 Å². The van der Waals surface area contributed by atoms with Crippen LogP contribution in [0.1, 0.15) is 52.0 Å². The molecule has 0 saturated carbocycles. The van der Waals surface area contributed by atoms with Crippen LogP contribution in [0.5, 0.6) is 5.75 Å². The summed E-state index contributed by atoms with van der Waals surface area (Å²) in [6.45, 7) is 0.134. The van der Waals surface area contributed by atoms with E-state index in [-0.39, 0.29) is 24.6 Å². The molecule has 0 radical (unpaired) electrons. The van der Waals surface area contributed by atoms with Crippen molar-refractivity contribution in [1.82, 2.24) is 9.88 Å². The van der Waals surface area contributed by atoms with Gasteiger partial charge in [-0.25, -0.2) is 8.78 Å². The van der Waals surface area contributed by atoms with Crippen LogP contribution in [-0.4, -0.2) is 22.5 Å². The number of aromatic nitrogens is 1. The molecule has 0 fully saturated rings. The van der Waals surface area contributed by atoms with Crippen LogP contribution in [0.25, 0.3) is 0 Å². The summed E-state index contributed by atoms with van der Waals surface area (Å²) in [4.78, 5) is 19.5. The smallest absolute Gasteiger partial charge is 0.260 e. The van der Waals surface area contributed by atoms with E-state index in [2.05, 4.69) is 4.98 Å². The van der Waals surface area contributed by atoms with Gasteiger partial charge in [0.05, 0.1) is 17.3 Å². The van der Waals surface area contributed by atoms with Crippen LogP contribution in [0.2, 0.25) is 0 Å². The van der Waals surface area contributed by atoms with E-state index in [1.54, 1.807) is 35.4 Å². The number of halogens is 2. The second kappa shape index (κ2) is 7.52. The van der Waals surface area contributed by atoms with Crippen molar-refractivity contribution < 1.29 is 18.3 Å². The molecular weight excluding hydrogens is 386 g/mol. The molecule has 2 aliphatic rings. The number of benzene rings is 2. The summed E-state index contributed by atoms with van der Waals surface area (Å²) < 4.78 is 34.2. The zero-order valence-electron chi connectivity index (χ0n) is 16.2. The standard InChI is InChI=1S/C24H20F2N2O2/c25-19-8-3-7-17(22(19)26)15-10-11-20(23-16(13-15)5-4-12-27-23)28-14-30-21-9-2-1-6-18(21)24(28)29/h1-9,12,15,20H,10-11,13-14H2/t15-,20-/m1/s1. The molecule has 30 heavy (non-hydrogen) atoms. The Morgan fingerprint density at radius 3 is 2.77 bits per heavy atom. The number of amides is 1. The van der Waals surface area contributed by atoms with Crippen molar-refractivity contribution in [1.29, 1.82) is 0 Å². The summed E-state index contributed by atoms with van der Waals surface area (Å²) in [5.74, 6) is -1.35. The predicted octanol–water partition coefficient (Wildman–Crippen LogP) is 5.01. The Labute approximate surface area is 173 Å². The molecule has 2 aromatic carbocycles. The van der Waals surface area contributed by atoms with E-state index in [9.17, 15) is 13.6 Å². The van der Waals surface area contributed by atoms with Crippen LogP contribution in [0.15, 0.2) is 60.8 Å². The van der Waals surface area contributed by atoms with Crippen molar-refractivity contribution in [2.24, 2.45) is 0 Å². The number of ether oxygens (including phenoxy) is 1. The van der Waals surface area contributed by atoms with Crippen molar-refractivity contribution >= 4 is 5.91 Å². The second-order valence-corrected chi connectivity index (χ2v) is 7.73. The number of nitrogens with zero attached hydrogens (tertiary/aromatic N) is 2. The quantitative estimate of drug-likeness (QED) is 0.562. The van der Waals surface area contributed by atoms with Crippen LogP contribution >= 0.6 is 0 Å². The highest BCUT2D eigenvalue weighted by Gasteiger charge is 2.36. The minimum absolute atomic E-state index is 0.103. The van der Waals surface area contributed by atoms with Gasteiger partial charge in [-0.05, 0) is 60.6 Å². The highest BCUT2D eigenvalue weighted by Crippen LogP contribution is 2.41. The summed E-state index contributed by atoms with van der Waals surface area (Å²) in [7, 11) is 0. The van der Waals surface area contributed by atoms with E-state index in [1.165, 1.54) is 0 Å². The van der Waals surface area contributed by atoms with Gasteiger partial charge in [0.1, 0.15) is 5.75 Å². The fraction of sp³-hybridized carbons (Fsp3) is 0.250. The number of hydrogen-bond acceptors (Lipinski definition) is 3. The summed E-state index contributed by atoms with van der Waals surface area (Å²) in [6.07, 6.45) is 3.44. The summed E-state index contributed by atoms with van der Waals surface area (Å²) in [6, 6.07) is 15.0. The van der Waals surface area contributed by atoms with E-state index < -0.39 is 11.6 Å². The third-order valence-corrected chi connectivity index (χ3v) is 6.03. The molecule has 0 unspecified atom stereocenters. The number of pyridine rings is 1. The average Bonchev–Trinajstić information content (AvgIpc) is 2.96. The van der Waals surface area contributed by atoms with Crippen LogP contribution in [-0.2, 0) is 6.42 Å². The van der Waals surface area contributed by atoms with Crippen molar-refractivity contribution in [3.8, 4) is 5.75 Å². The lowest BCUT2D eigenvalue weighted by Crippen LogP contribution is -2.41. The average molecular weight is 406 g/mol. The topological polar surface area (TPSA) is 42.4 Å². The number of fused-ring (bicyclic) bond motifs is 2. The van der Waals surface area contributed by atoms with Gasteiger partial charge in [0, 0.05) is 6.20 Å². The fourth-order valence-corrected chi connectivity index (χ4v) is 4.54. The third-order valence-electron chi connectivity index (χ3n) is 6.03. The normalized spacial score (nSPS) is 20.7. The number of para-hydroxylation sites is 1. The molecule has 0 spiro atoms. The summed E-state index contributed by atoms with van der Waals surface area (Å²) >= 11 is 0. The van der Waals surface area contributed by atoms with E-state index >= 15 is 0 Å². The summed E-state index contributed by atoms with van der Waals surface area (Å²) in [5.41, 5.74) is 2.64. The Morgan fingerprint density at radius 1 is 1.00 bits per heavy atom. The lowest BCUT2D eigenvalue weighted by atomic mass is 9.90. The third kappa shape index (κ3) is 3.12. The highest BCUT2D eigenvalue weighted by molar-refractivity contribution is 5.97. The predicted molar refractivity (Wildman–Crippen MR) is 107 cm³/mol. The molecule has 1 aromatic heterocycles. The van der Waals surface area contributed by atoms with Crippen molar-refractivity contribution in [2.45, 2.75) is 31.2 Å². The first-order chi connectivity index (χ1) is 14.6. The maximum Gasteiger partial charge on any atom is 0.260 e. The second-order valence-electron chi connectivity index (χ2n) is 7.73. The number of rotatable bonds is 2. The molecule has 2 atom stereocenters. The maximum absolute atomic E-state index is 14.5. The number of carbonyl (C=O) groups excluding carboxylic acids is 1. The Bertz CT molecular complexity index is 1120. The molecule has 1 aliphatic heterocycles. The highest BCUT2D eigenvalue weighted by atomic mass is 19.2. The van der Waals surface area contributed by atoms with Crippen molar-refractivity contribution in [3.05, 3.63) is 94.8 Å². The van der Waals surface area contributed by atoms with E-state index in [0.717, 1.165) is 17.3 Å². The van der Waals surface area contributed by atoms with Crippen LogP contribution < -0.4 is 4.74 Å². The molecule has 1 aliphatic carbocycles. The molecule has 4 nitrogen and oxygen atoms in total. The van der Waals surface area contributed by atoms with Crippen molar-refractivity contribution in [2.75, 3.05) is 6.73 Å². The SMILES string of the molecule is O=C1c2ccccc2OCN1[C@@H]1CC[C@@H](c2cccc(F)c2F)Cc2cccnc21. The Morgan fingerprint density at radius 2 is 1.87 bits per heavy atom. The van der Waals surface area contributed by atoms with Gasteiger partial charge in [0.15, 0.2) is 18.4 Å². The zero-order valence-corrected chi connectivity index (χ0v) is 16.2. The van der Waals surface area contributed by atoms with Crippen LogP contribution in [0.3, 0.4) is 0 Å². The molecular formula is C24H20F2N2O2. The molecule has 0 N–H and O–H groups in total. The van der Waals surface area contributed by atoms with E-state index in [4.69, 9.17) is 4.74 Å².